The number of hydrogen-bond donors (Lipinski definition) is 1. The van der Waals surface area contributed by atoms with Gasteiger partial charge in [-0.05, 0) is 40.1 Å². The van der Waals surface area contributed by atoms with E-state index in [9.17, 15) is 4.79 Å². The van der Waals surface area contributed by atoms with Crippen LogP contribution in [-0.2, 0) is 17.9 Å². The molecule has 2 heterocycles. The normalized spacial score (nSPS) is 11.2. The standard InChI is InChI=1S/C17H15N5O2/c23-17(7-8-22-11-19-14-3-1-2-4-16(14)22)18-10-12-5-6-13-15(9-12)21-24-20-13/h1-6,9,11H,7-8,10H2,(H,18,23). The van der Waals surface area contributed by atoms with Gasteiger partial charge in [0.2, 0.25) is 5.91 Å². The van der Waals surface area contributed by atoms with Crippen LogP contribution < -0.4 is 5.32 Å². The molecule has 7 nitrogen and oxygen atoms in total. The summed E-state index contributed by atoms with van der Waals surface area (Å²) in [4.78, 5) is 16.4. The van der Waals surface area contributed by atoms with Gasteiger partial charge >= 0.3 is 0 Å². The molecule has 2 aromatic carbocycles. The number of rotatable bonds is 5. The Kier molecular flexibility index (Phi) is 3.66. The summed E-state index contributed by atoms with van der Waals surface area (Å²) in [5, 5.41) is 10.5. The van der Waals surface area contributed by atoms with Gasteiger partial charge in [0.25, 0.3) is 0 Å². The summed E-state index contributed by atoms with van der Waals surface area (Å²) in [5.41, 5.74) is 4.32. The lowest BCUT2D eigenvalue weighted by Gasteiger charge is -2.06. The number of carbonyl (C=O) groups is 1. The number of para-hydroxylation sites is 2. The molecule has 0 bridgehead atoms. The van der Waals surface area contributed by atoms with Crippen LogP contribution in [0, 0.1) is 0 Å². The predicted octanol–water partition coefficient (Wildman–Crippen LogP) is 2.28. The van der Waals surface area contributed by atoms with Crippen LogP contribution in [0.25, 0.3) is 22.1 Å². The van der Waals surface area contributed by atoms with Gasteiger partial charge in [0.15, 0.2) is 0 Å². The van der Waals surface area contributed by atoms with E-state index in [-0.39, 0.29) is 5.91 Å². The average Bonchev–Trinajstić information content (AvgIpc) is 3.24. The number of aryl methyl sites for hydroxylation is 1. The second-order valence-electron chi connectivity index (χ2n) is 5.54. The number of fused-ring (bicyclic) bond motifs is 2. The summed E-state index contributed by atoms with van der Waals surface area (Å²) in [6, 6.07) is 13.5. The molecule has 0 aliphatic carbocycles. The van der Waals surface area contributed by atoms with Crippen molar-refractivity contribution in [3.05, 3.63) is 54.4 Å². The minimum absolute atomic E-state index is 0.00819. The van der Waals surface area contributed by atoms with Gasteiger partial charge in [-0.3, -0.25) is 4.79 Å². The first-order valence-corrected chi connectivity index (χ1v) is 7.67. The molecule has 0 saturated carbocycles. The van der Waals surface area contributed by atoms with Crippen molar-refractivity contribution in [3.63, 3.8) is 0 Å². The number of aromatic nitrogens is 4. The molecule has 0 saturated heterocycles. The van der Waals surface area contributed by atoms with Crippen LogP contribution in [-0.4, -0.2) is 25.8 Å². The molecule has 0 spiro atoms. The maximum absolute atomic E-state index is 12.1. The molecule has 24 heavy (non-hydrogen) atoms. The zero-order chi connectivity index (χ0) is 16.4. The van der Waals surface area contributed by atoms with Crippen molar-refractivity contribution in [2.24, 2.45) is 0 Å². The van der Waals surface area contributed by atoms with Gasteiger partial charge in [-0.2, -0.15) is 0 Å². The second-order valence-corrected chi connectivity index (χ2v) is 5.54. The van der Waals surface area contributed by atoms with E-state index in [0.717, 1.165) is 16.6 Å². The van der Waals surface area contributed by atoms with Gasteiger partial charge in [0, 0.05) is 19.5 Å². The zero-order valence-electron chi connectivity index (χ0n) is 12.8. The van der Waals surface area contributed by atoms with E-state index in [1.807, 2.05) is 47.0 Å². The Balaban J connectivity index is 1.34. The number of imidazole rings is 1. The van der Waals surface area contributed by atoms with Gasteiger partial charge in [0.05, 0.1) is 17.4 Å². The van der Waals surface area contributed by atoms with Gasteiger partial charge in [-0.25, -0.2) is 9.61 Å². The number of carbonyl (C=O) groups excluding carboxylic acids is 1. The maximum atomic E-state index is 12.1. The summed E-state index contributed by atoms with van der Waals surface area (Å²) in [6.07, 6.45) is 2.16. The Hall–Kier alpha value is -3.22. The minimum atomic E-state index is -0.00819. The third-order valence-electron chi connectivity index (χ3n) is 3.91. The van der Waals surface area contributed by atoms with Crippen molar-refractivity contribution < 1.29 is 9.42 Å². The van der Waals surface area contributed by atoms with Crippen molar-refractivity contribution in [1.82, 2.24) is 25.2 Å². The maximum Gasteiger partial charge on any atom is 0.222 e. The minimum Gasteiger partial charge on any atom is -0.352 e. The molecule has 0 aliphatic rings. The molecule has 7 heteroatoms. The van der Waals surface area contributed by atoms with E-state index >= 15 is 0 Å². The molecule has 4 aromatic rings. The first-order chi connectivity index (χ1) is 11.8. The molecule has 120 valence electrons. The van der Waals surface area contributed by atoms with E-state index in [0.29, 0.717) is 30.5 Å². The van der Waals surface area contributed by atoms with Gasteiger partial charge in [0.1, 0.15) is 11.0 Å². The summed E-state index contributed by atoms with van der Waals surface area (Å²) in [5.74, 6) is -0.00819. The Labute approximate surface area is 137 Å². The van der Waals surface area contributed by atoms with Crippen molar-refractivity contribution in [2.45, 2.75) is 19.5 Å². The van der Waals surface area contributed by atoms with Crippen LogP contribution >= 0.6 is 0 Å². The number of nitrogens with one attached hydrogen (secondary N) is 1. The van der Waals surface area contributed by atoms with E-state index < -0.39 is 0 Å². The smallest absolute Gasteiger partial charge is 0.222 e. The highest BCUT2D eigenvalue weighted by molar-refractivity contribution is 5.78. The van der Waals surface area contributed by atoms with Gasteiger partial charge < -0.3 is 9.88 Å². The van der Waals surface area contributed by atoms with E-state index in [2.05, 4.69) is 25.2 Å². The van der Waals surface area contributed by atoms with Crippen molar-refractivity contribution in [2.75, 3.05) is 0 Å². The van der Waals surface area contributed by atoms with E-state index in [4.69, 9.17) is 0 Å². The molecule has 0 atom stereocenters. The van der Waals surface area contributed by atoms with Crippen LogP contribution in [0.3, 0.4) is 0 Å². The lowest BCUT2D eigenvalue weighted by Crippen LogP contribution is -2.23. The van der Waals surface area contributed by atoms with Crippen LogP contribution in [0.5, 0.6) is 0 Å². The third kappa shape index (κ3) is 2.83. The number of hydrogen-bond acceptors (Lipinski definition) is 5. The topological polar surface area (TPSA) is 85.8 Å². The number of nitrogens with zero attached hydrogens (tertiary/aromatic N) is 4. The Morgan fingerprint density at radius 2 is 1.96 bits per heavy atom. The summed E-state index contributed by atoms with van der Waals surface area (Å²) < 4.78 is 6.65. The molecule has 0 radical (unpaired) electrons. The molecule has 0 aliphatic heterocycles. The number of benzene rings is 2. The largest absolute Gasteiger partial charge is 0.352 e. The van der Waals surface area contributed by atoms with Crippen molar-refractivity contribution in [1.29, 1.82) is 0 Å². The quantitative estimate of drug-likeness (QED) is 0.609. The zero-order valence-corrected chi connectivity index (χ0v) is 12.8. The molecular formula is C17H15N5O2. The van der Waals surface area contributed by atoms with Crippen LogP contribution in [0.4, 0.5) is 0 Å². The Morgan fingerprint density at radius 1 is 1.08 bits per heavy atom. The van der Waals surface area contributed by atoms with Crippen molar-refractivity contribution >= 4 is 28.0 Å². The highest BCUT2D eigenvalue weighted by atomic mass is 16.6. The first kappa shape index (κ1) is 14.4. The van der Waals surface area contributed by atoms with Crippen LogP contribution in [0.2, 0.25) is 0 Å². The fraction of sp³-hybridized carbons (Fsp3) is 0.176. The lowest BCUT2D eigenvalue weighted by molar-refractivity contribution is -0.121. The predicted molar refractivity (Wildman–Crippen MR) is 88.0 cm³/mol. The van der Waals surface area contributed by atoms with E-state index in [1.54, 1.807) is 6.33 Å². The second kappa shape index (κ2) is 6.11. The molecule has 1 amide bonds. The highest BCUT2D eigenvalue weighted by Gasteiger charge is 2.06. The summed E-state index contributed by atoms with van der Waals surface area (Å²) in [6.45, 7) is 1.05. The lowest BCUT2D eigenvalue weighted by atomic mass is 10.2. The molecule has 0 unspecified atom stereocenters. The monoisotopic (exact) mass is 321 g/mol. The number of amides is 1. The SMILES string of the molecule is O=C(CCn1cnc2ccccc21)NCc1ccc2nonc2c1. The summed E-state index contributed by atoms with van der Waals surface area (Å²) >= 11 is 0. The van der Waals surface area contributed by atoms with Crippen LogP contribution in [0.1, 0.15) is 12.0 Å². The molecule has 4 rings (SSSR count). The average molecular weight is 321 g/mol. The molecule has 1 N–H and O–H groups in total. The third-order valence-corrected chi connectivity index (χ3v) is 3.91. The molecule has 0 fully saturated rings. The van der Waals surface area contributed by atoms with Crippen LogP contribution in [0.15, 0.2) is 53.4 Å². The molecular weight excluding hydrogens is 306 g/mol. The van der Waals surface area contributed by atoms with Gasteiger partial charge in [-0.15, -0.1) is 0 Å². The molecule has 2 aromatic heterocycles. The van der Waals surface area contributed by atoms with E-state index in [1.165, 1.54) is 0 Å². The summed E-state index contributed by atoms with van der Waals surface area (Å²) in [7, 11) is 0. The fourth-order valence-corrected chi connectivity index (χ4v) is 2.64. The fourth-order valence-electron chi connectivity index (χ4n) is 2.64. The van der Waals surface area contributed by atoms with Crippen molar-refractivity contribution in [3.8, 4) is 0 Å². The highest BCUT2D eigenvalue weighted by Crippen LogP contribution is 2.13. The van der Waals surface area contributed by atoms with Gasteiger partial charge in [-0.1, -0.05) is 18.2 Å². The Morgan fingerprint density at radius 3 is 2.92 bits per heavy atom. The first-order valence-electron chi connectivity index (χ1n) is 7.67. The Bertz CT molecular complexity index is 1000.